The summed E-state index contributed by atoms with van der Waals surface area (Å²) < 4.78 is 0. The third-order valence-corrected chi connectivity index (χ3v) is 17.1. The second-order valence-corrected chi connectivity index (χ2v) is 20.1. The van der Waals surface area contributed by atoms with Gasteiger partial charge in [-0.2, -0.15) is 0 Å². The Morgan fingerprint density at radius 2 is 0.887 bits per heavy atom. The fraction of sp³-hybridized carbons (Fsp3) is 0.320. The van der Waals surface area contributed by atoms with Crippen molar-refractivity contribution in [3.8, 4) is 0 Å². The van der Waals surface area contributed by atoms with Crippen LogP contribution in [0.3, 0.4) is 0 Å². The molecule has 3 atom stereocenters. The Kier molecular flexibility index (Phi) is 16.0. The molecule has 0 amide bonds. The number of benzene rings is 6. The van der Waals surface area contributed by atoms with E-state index in [0.717, 1.165) is 0 Å². The Morgan fingerprint density at radius 1 is 0.491 bits per heavy atom. The van der Waals surface area contributed by atoms with Crippen molar-refractivity contribution in [3.05, 3.63) is 158 Å². The van der Waals surface area contributed by atoms with Gasteiger partial charge in [0, 0.05) is 0 Å². The second kappa shape index (κ2) is 19.7. The molecule has 2 fully saturated rings. The first-order valence-corrected chi connectivity index (χ1v) is 21.9. The Hall–Kier alpha value is -2.78. The van der Waals surface area contributed by atoms with Crippen molar-refractivity contribution >= 4 is 58.6 Å². The summed E-state index contributed by atoms with van der Waals surface area (Å²) in [6.45, 7) is 11.7. The maximum atomic E-state index is 2.61. The van der Waals surface area contributed by atoms with Gasteiger partial charge >= 0.3 is 17.1 Å². The van der Waals surface area contributed by atoms with E-state index in [0.29, 0.717) is 17.2 Å². The summed E-state index contributed by atoms with van der Waals surface area (Å²) in [6, 6.07) is 47.0. The standard InChI is InChI=1S/C43H44P2.C5H10.2CH3.Fe/c1-29-23-30(2)26-36(25-29)44(37-27-31(3)24-32(4)28-37)33(5)38-19-12-22-41(38)45(42-20-10-15-34-13-6-8-17-39(34)42)43-21-11-16-35-14-7-9-18-40(35)43;1-2-4-5-3-1;;;/h6-11,13-18,20-21,23-28,33,38,41H,12,19,22H2,1-5H3;1-5H2;2*1H3;/q;;2*-1;+2/t33-,38?,41?;;;;/m1..../s1. The van der Waals surface area contributed by atoms with Gasteiger partial charge in [-0.3, -0.25) is 0 Å². The largest absolute Gasteiger partial charge is 2.00 e. The van der Waals surface area contributed by atoms with Gasteiger partial charge < -0.3 is 14.9 Å². The average molecular weight is 779 g/mol. The van der Waals surface area contributed by atoms with Crippen molar-refractivity contribution in [3.63, 3.8) is 0 Å². The summed E-state index contributed by atoms with van der Waals surface area (Å²) in [6.07, 6.45) is 11.4. The molecule has 0 saturated heterocycles. The number of hydrogen-bond donors (Lipinski definition) is 0. The van der Waals surface area contributed by atoms with Gasteiger partial charge in [-0.15, -0.1) is 0 Å². The Bertz CT molecular complexity index is 1890. The molecule has 2 aliphatic carbocycles. The first-order valence-electron chi connectivity index (χ1n) is 19.1. The van der Waals surface area contributed by atoms with Gasteiger partial charge in [0.1, 0.15) is 0 Å². The van der Waals surface area contributed by atoms with Crippen molar-refractivity contribution in [2.45, 2.75) is 97.3 Å². The Morgan fingerprint density at radius 3 is 1.32 bits per heavy atom. The van der Waals surface area contributed by atoms with Crippen LogP contribution in [0.1, 0.15) is 80.5 Å². The van der Waals surface area contributed by atoms with E-state index in [-0.39, 0.29) is 31.9 Å². The maximum Gasteiger partial charge on any atom is 2.00 e. The first-order chi connectivity index (χ1) is 24.4. The summed E-state index contributed by atoms with van der Waals surface area (Å²) in [5.74, 6) is 0.654. The van der Waals surface area contributed by atoms with Gasteiger partial charge in [-0.25, -0.2) is 0 Å². The van der Waals surface area contributed by atoms with Crippen molar-refractivity contribution in [1.82, 2.24) is 0 Å². The van der Waals surface area contributed by atoms with Crippen LogP contribution >= 0.6 is 15.8 Å². The van der Waals surface area contributed by atoms with Crippen LogP contribution in [-0.2, 0) is 17.1 Å². The fourth-order valence-electron chi connectivity index (χ4n) is 9.05. The topological polar surface area (TPSA) is 0 Å². The fourth-order valence-corrected chi connectivity index (χ4v) is 16.2. The quantitative estimate of drug-likeness (QED) is 0.0860. The van der Waals surface area contributed by atoms with Crippen LogP contribution in [0.4, 0.5) is 0 Å². The van der Waals surface area contributed by atoms with E-state index < -0.39 is 15.8 Å². The molecule has 2 aliphatic rings. The first kappa shape index (κ1) is 43.0. The van der Waals surface area contributed by atoms with Crippen molar-refractivity contribution in [2.75, 3.05) is 0 Å². The molecule has 6 aromatic carbocycles. The molecule has 0 N–H and O–H groups in total. The smallest absolute Gasteiger partial charge is 0.358 e. The minimum Gasteiger partial charge on any atom is -0.358 e. The maximum absolute atomic E-state index is 2.61. The van der Waals surface area contributed by atoms with Crippen LogP contribution in [0.2, 0.25) is 0 Å². The minimum absolute atomic E-state index is 0. The molecule has 0 aromatic heterocycles. The molecule has 0 radical (unpaired) electrons. The van der Waals surface area contributed by atoms with E-state index >= 15 is 0 Å². The van der Waals surface area contributed by atoms with Crippen molar-refractivity contribution in [1.29, 1.82) is 0 Å². The van der Waals surface area contributed by atoms with E-state index in [9.17, 15) is 0 Å². The van der Waals surface area contributed by atoms with Crippen LogP contribution in [0.5, 0.6) is 0 Å². The molecule has 53 heavy (non-hydrogen) atoms. The Labute approximate surface area is 335 Å². The molecule has 0 aliphatic heterocycles. The third-order valence-electron chi connectivity index (χ3n) is 11.2. The van der Waals surface area contributed by atoms with E-state index in [1.165, 1.54) is 95.2 Å². The summed E-state index contributed by atoms with van der Waals surface area (Å²) in [5.41, 5.74) is 6.73. The Balaban J connectivity index is 0.000000726. The van der Waals surface area contributed by atoms with Crippen LogP contribution < -0.4 is 21.2 Å². The zero-order valence-corrected chi connectivity index (χ0v) is 36.1. The molecule has 2 saturated carbocycles. The monoisotopic (exact) mass is 778 g/mol. The third kappa shape index (κ3) is 9.73. The SMILES string of the molecule is C1CCCC1.Cc1cc(C)cc(P(c2cc(C)cc(C)c2)[C@H](C)C2CCCC2P(c2cccc3ccccc23)c2cccc3ccccc23)c1.[CH3-].[CH3-].[Fe+2]. The van der Waals surface area contributed by atoms with Gasteiger partial charge in [-0.05, 0) is 116 Å². The molecule has 278 valence electrons. The van der Waals surface area contributed by atoms with E-state index in [1.54, 1.807) is 21.2 Å². The van der Waals surface area contributed by atoms with Crippen molar-refractivity contribution < 1.29 is 17.1 Å². The summed E-state index contributed by atoms with van der Waals surface area (Å²) in [5, 5.41) is 11.8. The van der Waals surface area contributed by atoms with Gasteiger partial charge in [0.2, 0.25) is 0 Å². The summed E-state index contributed by atoms with van der Waals surface area (Å²) in [7, 11) is -1.14. The molecule has 0 nitrogen and oxygen atoms in total. The van der Waals surface area contributed by atoms with Gasteiger partial charge in [0.25, 0.3) is 0 Å². The van der Waals surface area contributed by atoms with Crippen LogP contribution in [0.15, 0.2) is 121 Å². The molecule has 8 rings (SSSR count). The molecular weight excluding hydrogens is 718 g/mol. The zero-order valence-electron chi connectivity index (χ0n) is 33.2. The van der Waals surface area contributed by atoms with E-state index in [1.807, 2.05) is 0 Å². The molecular formula is C50H60FeP2. The number of fused-ring (bicyclic) bond motifs is 2. The molecule has 3 heteroatoms. The predicted octanol–water partition coefficient (Wildman–Crippen LogP) is 13.2. The average Bonchev–Trinajstić information content (AvgIpc) is 3.85. The molecule has 0 heterocycles. The summed E-state index contributed by atoms with van der Waals surface area (Å²) >= 11 is 0. The minimum atomic E-state index is -0.600. The number of aryl methyl sites for hydroxylation is 4. The van der Waals surface area contributed by atoms with Gasteiger partial charge in [0.05, 0.1) is 0 Å². The number of rotatable bonds is 7. The van der Waals surface area contributed by atoms with Gasteiger partial charge in [-0.1, -0.05) is 189 Å². The number of hydrogen-bond acceptors (Lipinski definition) is 0. The molecule has 2 unspecified atom stereocenters. The zero-order chi connectivity index (χ0) is 34.6. The molecule has 0 spiro atoms. The molecule has 6 aromatic rings. The van der Waals surface area contributed by atoms with Gasteiger partial charge in [0.15, 0.2) is 0 Å². The summed E-state index contributed by atoms with van der Waals surface area (Å²) in [4.78, 5) is 0. The van der Waals surface area contributed by atoms with Crippen molar-refractivity contribution in [2.24, 2.45) is 5.92 Å². The van der Waals surface area contributed by atoms with Crippen LogP contribution in [-0.4, -0.2) is 11.3 Å². The van der Waals surface area contributed by atoms with E-state index in [4.69, 9.17) is 0 Å². The predicted molar refractivity (Wildman–Crippen MR) is 239 cm³/mol. The normalized spacial score (nSPS) is 17.1. The van der Waals surface area contributed by atoms with Crippen LogP contribution in [0, 0.1) is 48.5 Å². The second-order valence-electron chi connectivity index (χ2n) is 15.1. The van der Waals surface area contributed by atoms with Crippen LogP contribution in [0.25, 0.3) is 21.5 Å². The van der Waals surface area contributed by atoms with E-state index in [2.05, 4.69) is 156 Å². The molecule has 0 bridgehead atoms.